The average Bonchev–Trinajstić information content (AvgIpc) is 1.29. The third-order valence-corrected chi connectivity index (χ3v) is 16.3. The van der Waals surface area contributed by atoms with Gasteiger partial charge < -0.3 is 87.7 Å². The Balaban J connectivity index is 1.35. The van der Waals surface area contributed by atoms with Gasteiger partial charge in [0, 0.05) is 78.1 Å². The molecule has 6 N–H and O–H groups in total. The van der Waals surface area contributed by atoms with E-state index in [-0.39, 0.29) is 44.4 Å². The topological polar surface area (TPSA) is 292 Å². The van der Waals surface area contributed by atoms with Gasteiger partial charge in [0.2, 0.25) is 11.7 Å². The summed E-state index contributed by atoms with van der Waals surface area (Å²) in [4.78, 5) is 52.7. The number of carboxylic acids is 1. The van der Waals surface area contributed by atoms with Gasteiger partial charge in [-0.3, -0.25) is 14.4 Å². The first kappa shape index (κ1) is 72.6. The first-order valence-electron chi connectivity index (χ1n) is 29.8. The Hall–Kier alpha value is -5.12. The molecule has 486 valence electrons. The highest BCUT2D eigenvalue weighted by Crippen LogP contribution is 2.46. The number of allylic oxidation sites excluding steroid dienone is 9. The number of amides is 1. The van der Waals surface area contributed by atoms with Gasteiger partial charge in [0.15, 0.2) is 25.0 Å². The van der Waals surface area contributed by atoms with E-state index in [1.165, 1.54) is 33.5 Å². The van der Waals surface area contributed by atoms with Crippen LogP contribution in [0.1, 0.15) is 93.1 Å². The van der Waals surface area contributed by atoms with E-state index in [0.717, 1.165) is 6.08 Å². The van der Waals surface area contributed by atoms with Gasteiger partial charge in [-0.25, -0.2) is 4.79 Å². The summed E-state index contributed by atoms with van der Waals surface area (Å²) in [5, 5.41) is 58.1. The molecule has 4 heterocycles. The summed E-state index contributed by atoms with van der Waals surface area (Å²) in [5.74, 6) is -7.97. The smallest absolute Gasteiger partial charge is 0.328 e. The molecule has 20 atom stereocenters. The Morgan fingerprint density at radius 1 is 0.782 bits per heavy atom. The summed E-state index contributed by atoms with van der Waals surface area (Å²) >= 11 is 0. The molecule has 4 unspecified atom stereocenters. The van der Waals surface area contributed by atoms with Gasteiger partial charge in [0.25, 0.3) is 0 Å². The fraction of sp³-hybridized carbons (Fsp3) is 0.631. The zero-order valence-corrected chi connectivity index (χ0v) is 52.3. The molecule has 1 aromatic carbocycles. The molecule has 22 heteroatoms. The van der Waals surface area contributed by atoms with Crippen molar-refractivity contribution in [3.8, 4) is 0 Å². The second-order valence-corrected chi connectivity index (χ2v) is 23.1. The largest absolute Gasteiger partial charge is 0.478 e. The van der Waals surface area contributed by atoms with Crippen molar-refractivity contribution in [1.82, 2.24) is 5.32 Å². The van der Waals surface area contributed by atoms with Crippen molar-refractivity contribution in [3.63, 3.8) is 0 Å². The van der Waals surface area contributed by atoms with Crippen molar-refractivity contribution >= 4 is 23.6 Å². The SMILES string of the molecule is C/C=C\C=C\[C@@H]1O[C@](O)(C(CO[C@@H]2C[C@@H](OC)[C@@H](O[C@H]3C[C@H](OC)[C@H](O[C@H]4C[C@@H](OC)[C@@H](O)[C@@H](C)O4)[C@@H](C)O3)[C@@H](C)O2)C(=O)NC/C=C/C=C(\C)C(OC)C(C)C(=O)CC(O)C/C=C/C=C/C=C/C(=O)O)[C@H](OC(=O)Cc2ccccc2)[C@H](O)C1(C)C. The first-order valence-corrected chi connectivity index (χ1v) is 29.8. The molecule has 4 saturated heterocycles. The maximum absolute atomic E-state index is 14.9. The number of carbonyl (C=O) groups is 4. The lowest BCUT2D eigenvalue weighted by atomic mass is 9.71. The highest BCUT2D eigenvalue weighted by molar-refractivity contribution is 5.82. The summed E-state index contributed by atoms with van der Waals surface area (Å²) < 4.78 is 74.0. The van der Waals surface area contributed by atoms with E-state index >= 15 is 0 Å². The van der Waals surface area contributed by atoms with Crippen molar-refractivity contribution in [2.45, 2.75) is 204 Å². The number of aliphatic carboxylic acids is 1. The number of aliphatic hydroxyl groups is 4. The van der Waals surface area contributed by atoms with Crippen molar-refractivity contribution < 1.29 is 102 Å². The molecule has 0 spiro atoms. The Morgan fingerprint density at radius 2 is 1.38 bits per heavy atom. The van der Waals surface area contributed by atoms with E-state index in [1.54, 1.807) is 140 Å². The molecule has 4 aliphatic heterocycles. The van der Waals surface area contributed by atoms with Gasteiger partial charge in [-0.2, -0.15) is 0 Å². The standard InChI is InChI=1S/C65H95NO21/c1-13-14-19-30-51-64(7,8)61(73)62(84-53(71)33-44-27-20-18-21-28-44)65(75,87-51)46(63(74)66-32-25-24-26-39(2)58(79-12)40(3)47(68)34-45(67)29-22-16-15-17-23-31-52(69)70)38-80-54-36-49(77-10)59(42(5)82-54)86-56-37-50(78-11)60(43(6)83-56)85-55-35-48(76-9)57(72)41(4)81-55/h13-28,30-31,40-43,45-46,48-51,54-62,67,72-73,75H,29,32-38H2,1-12H3,(H,66,74)(H,69,70)/b14-13-,17-15+,22-16+,25-24+,30-19+,31-23+,39-26+/t40?,41-,42-,43-,45?,46?,48-,49-,50+,51+,54+,55+,56+,57+,58?,59+,60-,61+,62-,65-/m1/s1. The number of carbonyl (C=O) groups excluding carboxylic acids is 3. The van der Waals surface area contributed by atoms with Gasteiger partial charge in [-0.05, 0) is 52.2 Å². The molecule has 0 radical (unpaired) electrons. The number of ether oxygens (including phenoxy) is 12. The molecule has 5 rings (SSSR count). The van der Waals surface area contributed by atoms with Gasteiger partial charge >= 0.3 is 11.9 Å². The van der Waals surface area contributed by atoms with Crippen molar-refractivity contribution in [3.05, 3.63) is 120 Å². The predicted octanol–water partition coefficient (Wildman–Crippen LogP) is 5.69. The van der Waals surface area contributed by atoms with Crippen LogP contribution in [0.25, 0.3) is 0 Å². The van der Waals surface area contributed by atoms with Gasteiger partial charge in [-0.1, -0.05) is 124 Å². The maximum Gasteiger partial charge on any atom is 0.328 e. The van der Waals surface area contributed by atoms with E-state index in [1.807, 2.05) is 13.8 Å². The minimum absolute atomic E-state index is 0.0816. The van der Waals surface area contributed by atoms with Crippen LogP contribution in [-0.2, 0) is 82.4 Å². The Labute approximate surface area is 512 Å². The number of nitrogens with one attached hydrogen (secondary N) is 1. The summed E-state index contributed by atoms with van der Waals surface area (Å²) in [6.45, 7) is 13.4. The summed E-state index contributed by atoms with van der Waals surface area (Å²) in [7, 11) is 6.10. The number of methoxy groups -OCH3 is 4. The number of hydrogen-bond acceptors (Lipinski definition) is 20. The lowest BCUT2D eigenvalue weighted by molar-refractivity contribution is -0.368. The monoisotopic (exact) mass is 1230 g/mol. The van der Waals surface area contributed by atoms with E-state index < -0.39 is 152 Å². The Bertz CT molecular complexity index is 2530. The third kappa shape index (κ3) is 20.7. The molecule has 1 amide bonds. The lowest BCUT2D eigenvalue weighted by Crippen LogP contribution is -2.71. The fourth-order valence-corrected chi connectivity index (χ4v) is 11.2. The van der Waals surface area contributed by atoms with Crippen LogP contribution in [0.15, 0.2) is 115 Å². The van der Waals surface area contributed by atoms with Crippen molar-refractivity contribution in [1.29, 1.82) is 0 Å². The molecular weight excluding hydrogens is 1130 g/mol. The quantitative estimate of drug-likeness (QED) is 0.0295. The molecule has 0 bridgehead atoms. The molecule has 22 nitrogen and oxygen atoms in total. The molecule has 0 saturated carbocycles. The molecule has 4 aliphatic rings. The van der Waals surface area contributed by atoms with Crippen LogP contribution in [0.3, 0.4) is 0 Å². The van der Waals surface area contributed by atoms with E-state index in [9.17, 15) is 39.6 Å². The molecule has 0 aromatic heterocycles. The second-order valence-electron chi connectivity index (χ2n) is 23.1. The zero-order chi connectivity index (χ0) is 64.0. The Morgan fingerprint density at radius 3 is 1.99 bits per heavy atom. The number of hydrogen-bond donors (Lipinski definition) is 6. The lowest BCUT2D eigenvalue weighted by Gasteiger charge is -2.54. The highest BCUT2D eigenvalue weighted by atomic mass is 16.7. The molecule has 87 heavy (non-hydrogen) atoms. The van der Waals surface area contributed by atoms with E-state index in [0.29, 0.717) is 17.6 Å². The number of rotatable bonds is 31. The maximum atomic E-state index is 14.9. The van der Waals surface area contributed by atoms with Crippen LogP contribution in [-0.4, -0.2) is 201 Å². The fourth-order valence-electron chi connectivity index (χ4n) is 11.2. The molecule has 4 fully saturated rings. The summed E-state index contributed by atoms with van der Waals surface area (Å²) in [6, 6.07) is 8.79. The van der Waals surface area contributed by atoms with Crippen molar-refractivity contribution in [2.24, 2.45) is 17.3 Å². The van der Waals surface area contributed by atoms with Crippen LogP contribution in [0.2, 0.25) is 0 Å². The number of benzene rings is 1. The van der Waals surface area contributed by atoms with Crippen LogP contribution >= 0.6 is 0 Å². The molecular formula is C65H95NO21. The molecule has 0 aliphatic carbocycles. The van der Waals surface area contributed by atoms with Crippen LogP contribution in [0.4, 0.5) is 0 Å². The Kier molecular flexibility index (Phi) is 29.5. The van der Waals surface area contributed by atoms with E-state index in [4.69, 9.17) is 61.9 Å². The predicted molar refractivity (Wildman–Crippen MR) is 319 cm³/mol. The van der Waals surface area contributed by atoms with Crippen LogP contribution in [0.5, 0.6) is 0 Å². The second kappa shape index (κ2) is 35.3. The van der Waals surface area contributed by atoms with E-state index in [2.05, 4.69) is 5.32 Å². The molecule has 1 aromatic rings. The van der Waals surface area contributed by atoms with Gasteiger partial charge in [0.05, 0.1) is 68.0 Å². The normalized spacial score (nSPS) is 33.1. The number of carboxylic acid groups (broad SMARTS) is 1. The third-order valence-electron chi connectivity index (χ3n) is 16.3. The number of ketones is 1. The highest BCUT2D eigenvalue weighted by Gasteiger charge is 2.63. The summed E-state index contributed by atoms with van der Waals surface area (Å²) in [6.07, 6.45) is 7.17. The first-order chi connectivity index (χ1) is 41.4. The number of aliphatic hydroxyl groups excluding tert-OH is 3. The minimum atomic E-state index is -2.73. The number of esters is 1. The van der Waals surface area contributed by atoms with Gasteiger partial charge in [0.1, 0.15) is 36.1 Å². The van der Waals surface area contributed by atoms with Crippen LogP contribution < -0.4 is 5.32 Å². The zero-order valence-electron chi connectivity index (χ0n) is 52.3. The summed E-state index contributed by atoms with van der Waals surface area (Å²) in [5.41, 5.74) is 0.0847. The average molecular weight is 1230 g/mol. The number of Topliss-reactive ketones (excluding diaryl/α,β-unsaturated/α-hetero) is 1. The van der Waals surface area contributed by atoms with Gasteiger partial charge in [-0.15, -0.1) is 0 Å². The van der Waals surface area contributed by atoms with Crippen molar-refractivity contribution in [2.75, 3.05) is 41.6 Å². The minimum Gasteiger partial charge on any atom is -0.478 e. The van der Waals surface area contributed by atoms with Crippen LogP contribution in [0, 0.1) is 17.3 Å².